The summed E-state index contributed by atoms with van der Waals surface area (Å²) in [5.74, 6) is -0.0230. The Balaban J connectivity index is 1.93. The minimum absolute atomic E-state index is 0.0230. The highest BCUT2D eigenvalue weighted by Gasteiger charge is 2.22. The highest BCUT2D eigenvalue weighted by molar-refractivity contribution is 7.10. The summed E-state index contributed by atoms with van der Waals surface area (Å²) in [6, 6.07) is 11.6. The van der Waals surface area contributed by atoms with Gasteiger partial charge in [0.2, 0.25) is 0 Å². The van der Waals surface area contributed by atoms with Crippen LogP contribution in [0.1, 0.15) is 28.2 Å². The van der Waals surface area contributed by atoms with E-state index in [9.17, 15) is 4.79 Å². The van der Waals surface area contributed by atoms with Crippen molar-refractivity contribution in [1.29, 1.82) is 0 Å². The maximum absolute atomic E-state index is 12.9. The van der Waals surface area contributed by atoms with Crippen LogP contribution in [0.15, 0.2) is 54.4 Å². The van der Waals surface area contributed by atoms with Crippen LogP contribution in [-0.4, -0.2) is 32.6 Å². The van der Waals surface area contributed by atoms with Crippen molar-refractivity contribution in [2.24, 2.45) is 0 Å². The molecule has 0 bridgehead atoms. The quantitative estimate of drug-likeness (QED) is 0.743. The van der Waals surface area contributed by atoms with Gasteiger partial charge in [0.1, 0.15) is 12.7 Å². The Morgan fingerprint density at radius 2 is 1.91 bits per heavy atom. The van der Waals surface area contributed by atoms with Crippen molar-refractivity contribution in [3.05, 3.63) is 64.9 Å². The average molecular weight is 312 g/mol. The van der Waals surface area contributed by atoms with Crippen LogP contribution in [0.5, 0.6) is 0 Å². The molecule has 0 fully saturated rings. The van der Waals surface area contributed by atoms with E-state index in [1.54, 1.807) is 33.5 Å². The molecule has 0 N–H and O–H groups in total. The van der Waals surface area contributed by atoms with Crippen molar-refractivity contribution in [1.82, 2.24) is 19.7 Å². The molecule has 0 saturated heterocycles. The van der Waals surface area contributed by atoms with Crippen LogP contribution in [0, 0.1) is 0 Å². The summed E-state index contributed by atoms with van der Waals surface area (Å²) < 4.78 is 1.75. The number of carbonyl (C=O) groups is 1. The minimum atomic E-state index is -0.0230. The number of hydrogen-bond acceptors (Lipinski definition) is 4. The highest BCUT2D eigenvalue weighted by Crippen LogP contribution is 2.26. The fraction of sp³-hybridized carbons (Fsp3) is 0.188. The number of para-hydroxylation sites is 1. The van der Waals surface area contributed by atoms with Crippen molar-refractivity contribution >= 4 is 17.2 Å². The zero-order valence-corrected chi connectivity index (χ0v) is 13.2. The summed E-state index contributed by atoms with van der Waals surface area (Å²) in [5, 5.41) is 9.64. The predicted molar refractivity (Wildman–Crippen MR) is 86.2 cm³/mol. The van der Waals surface area contributed by atoms with Crippen LogP contribution in [-0.2, 0) is 0 Å². The molecular weight excluding hydrogens is 296 g/mol. The van der Waals surface area contributed by atoms with Gasteiger partial charge in [-0.3, -0.25) is 9.36 Å². The lowest BCUT2D eigenvalue weighted by atomic mass is 10.1. The van der Waals surface area contributed by atoms with Gasteiger partial charge in [-0.2, -0.15) is 0 Å². The number of carbonyl (C=O) groups excluding carboxylic acids is 1. The second kappa shape index (κ2) is 6.11. The number of nitrogens with zero attached hydrogens (tertiary/aromatic N) is 4. The van der Waals surface area contributed by atoms with Gasteiger partial charge >= 0.3 is 0 Å². The van der Waals surface area contributed by atoms with Gasteiger partial charge in [-0.15, -0.1) is 21.5 Å². The van der Waals surface area contributed by atoms with Crippen LogP contribution in [0.4, 0.5) is 0 Å². The third kappa shape index (κ3) is 2.65. The molecular formula is C16H16N4OS. The van der Waals surface area contributed by atoms with Crippen molar-refractivity contribution < 1.29 is 4.79 Å². The van der Waals surface area contributed by atoms with Crippen molar-refractivity contribution in [3.8, 4) is 5.69 Å². The summed E-state index contributed by atoms with van der Waals surface area (Å²) in [6.07, 6.45) is 3.18. The van der Waals surface area contributed by atoms with Gasteiger partial charge in [-0.1, -0.05) is 18.2 Å². The smallest absolute Gasteiger partial charge is 0.256 e. The Morgan fingerprint density at radius 3 is 2.59 bits per heavy atom. The van der Waals surface area contributed by atoms with Crippen molar-refractivity contribution in [3.63, 3.8) is 0 Å². The summed E-state index contributed by atoms with van der Waals surface area (Å²) in [7, 11) is 1.83. The van der Waals surface area contributed by atoms with Crippen LogP contribution in [0.2, 0.25) is 0 Å². The summed E-state index contributed by atoms with van der Waals surface area (Å²) in [4.78, 5) is 15.8. The SMILES string of the molecule is C[C@H](c1cccs1)N(C)C(=O)c1ccccc1-n1cnnc1. The number of rotatable bonds is 4. The lowest BCUT2D eigenvalue weighted by Gasteiger charge is -2.25. The number of thiophene rings is 1. The Bertz CT molecular complexity index is 752. The molecule has 1 amide bonds. The molecule has 0 unspecified atom stereocenters. The third-order valence-electron chi connectivity index (χ3n) is 3.69. The molecule has 3 rings (SSSR count). The van der Waals surface area contributed by atoms with Gasteiger partial charge in [0, 0.05) is 11.9 Å². The van der Waals surface area contributed by atoms with Crippen molar-refractivity contribution in [2.75, 3.05) is 7.05 Å². The average Bonchev–Trinajstić information content (AvgIpc) is 3.25. The molecule has 3 aromatic rings. The van der Waals surface area contributed by atoms with E-state index in [0.717, 1.165) is 10.6 Å². The first kappa shape index (κ1) is 14.5. The van der Waals surface area contributed by atoms with Gasteiger partial charge < -0.3 is 4.90 Å². The summed E-state index contributed by atoms with van der Waals surface area (Å²) in [5.41, 5.74) is 1.41. The number of aromatic nitrogens is 3. The van der Waals surface area contributed by atoms with E-state index in [1.165, 1.54) is 0 Å². The first-order chi connectivity index (χ1) is 10.7. The molecule has 0 aliphatic heterocycles. The lowest BCUT2D eigenvalue weighted by Crippen LogP contribution is -2.30. The molecule has 1 aromatic carbocycles. The van der Waals surface area contributed by atoms with Gasteiger partial charge in [-0.05, 0) is 30.5 Å². The molecule has 0 aliphatic rings. The maximum atomic E-state index is 12.9. The van der Waals surface area contributed by atoms with Gasteiger partial charge in [0.05, 0.1) is 17.3 Å². The molecule has 22 heavy (non-hydrogen) atoms. The summed E-state index contributed by atoms with van der Waals surface area (Å²) >= 11 is 1.65. The number of amides is 1. The Kier molecular flexibility index (Phi) is 4.02. The normalized spacial score (nSPS) is 12.1. The largest absolute Gasteiger partial charge is 0.334 e. The van der Waals surface area contributed by atoms with Gasteiger partial charge in [-0.25, -0.2) is 0 Å². The Hall–Kier alpha value is -2.47. The zero-order valence-electron chi connectivity index (χ0n) is 12.4. The molecule has 0 aliphatic carbocycles. The van der Waals surface area contributed by atoms with Crippen LogP contribution < -0.4 is 0 Å². The van der Waals surface area contributed by atoms with E-state index in [-0.39, 0.29) is 11.9 Å². The first-order valence-corrected chi connectivity index (χ1v) is 7.81. The predicted octanol–water partition coefficient (Wildman–Crippen LogP) is 3.16. The topological polar surface area (TPSA) is 51.0 Å². The molecule has 6 heteroatoms. The highest BCUT2D eigenvalue weighted by atomic mass is 32.1. The molecule has 5 nitrogen and oxygen atoms in total. The molecule has 112 valence electrons. The van der Waals surface area contributed by atoms with Crippen LogP contribution in [0.3, 0.4) is 0 Å². The lowest BCUT2D eigenvalue weighted by molar-refractivity contribution is 0.0745. The monoisotopic (exact) mass is 312 g/mol. The standard InChI is InChI=1S/C16H16N4OS/c1-12(15-8-5-9-22-15)19(2)16(21)13-6-3-4-7-14(13)20-10-17-18-11-20/h3-12H,1-2H3/t12-/m1/s1. The zero-order chi connectivity index (χ0) is 15.5. The second-order valence-corrected chi connectivity index (χ2v) is 5.97. The van der Waals surface area contributed by atoms with E-state index in [1.807, 2.05) is 55.7 Å². The summed E-state index contributed by atoms with van der Waals surface area (Å²) in [6.45, 7) is 2.03. The van der Waals surface area contributed by atoms with Crippen LogP contribution >= 0.6 is 11.3 Å². The van der Waals surface area contributed by atoms with Gasteiger partial charge in [0.25, 0.3) is 5.91 Å². The van der Waals surface area contributed by atoms with Crippen LogP contribution in [0.25, 0.3) is 5.69 Å². The van der Waals surface area contributed by atoms with E-state index >= 15 is 0 Å². The third-order valence-corrected chi connectivity index (χ3v) is 4.73. The number of hydrogen-bond donors (Lipinski definition) is 0. The molecule has 2 aromatic heterocycles. The fourth-order valence-corrected chi connectivity index (χ4v) is 3.12. The number of benzene rings is 1. The van der Waals surface area contributed by atoms with E-state index < -0.39 is 0 Å². The maximum Gasteiger partial charge on any atom is 0.256 e. The Morgan fingerprint density at radius 1 is 1.18 bits per heavy atom. The molecule has 0 spiro atoms. The molecule has 0 saturated carbocycles. The van der Waals surface area contributed by atoms with E-state index in [0.29, 0.717) is 5.56 Å². The van der Waals surface area contributed by atoms with Gasteiger partial charge in [0.15, 0.2) is 0 Å². The van der Waals surface area contributed by atoms with E-state index in [2.05, 4.69) is 10.2 Å². The van der Waals surface area contributed by atoms with E-state index in [4.69, 9.17) is 0 Å². The molecule has 2 heterocycles. The molecule has 1 atom stereocenters. The second-order valence-electron chi connectivity index (χ2n) is 4.99. The fourth-order valence-electron chi connectivity index (χ4n) is 2.29. The van der Waals surface area contributed by atoms with Crippen molar-refractivity contribution in [2.45, 2.75) is 13.0 Å². The Labute approximate surface area is 132 Å². The molecule has 0 radical (unpaired) electrons. The first-order valence-electron chi connectivity index (χ1n) is 6.93. The minimum Gasteiger partial charge on any atom is -0.334 e.